The molecule has 3 atom stereocenters. The van der Waals surface area contributed by atoms with Crippen LogP contribution in [0.2, 0.25) is 0 Å². The number of carbonyl (C=O) groups excluding carboxylic acids is 1. The number of hydrogen-bond acceptors (Lipinski definition) is 5. The van der Waals surface area contributed by atoms with Crippen molar-refractivity contribution in [2.45, 2.75) is 57.6 Å². The molecular formula is C34H38FN3O4S. The first-order chi connectivity index (χ1) is 20.8. The quantitative estimate of drug-likeness (QED) is 0.270. The number of aliphatic hydroxyl groups excluding tert-OH is 1. The lowest BCUT2D eigenvalue weighted by molar-refractivity contribution is -0.120. The number of carbonyl (C=O) groups is 1. The zero-order valence-electron chi connectivity index (χ0n) is 24.4. The molecule has 0 aromatic heterocycles. The van der Waals surface area contributed by atoms with Crippen LogP contribution < -0.4 is 10.2 Å². The fourth-order valence-electron chi connectivity index (χ4n) is 6.56. The number of anilines is 2. The number of piperidine rings is 1. The number of unbranched alkanes of at least 4 members (excludes halogenated alkanes) is 2. The van der Waals surface area contributed by atoms with Crippen molar-refractivity contribution in [3.8, 4) is 0 Å². The van der Waals surface area contributed by atoms with E-state index in [0.717, 1.165) is 53.4 Å². The van der Waals surface area contributed by atoms with E-state index in [4.69, 9.17) is 0 Å². The zero-order valence-corrected chi connectivity index (χ0v) is 25.2. The summed E-state index contributed by atoms with van der Waals surface area (Å²) in [5.41, 5.74) is 3.41. The topological polar surface area (TPSA) is 90.0 Å². The number of rotatable bonds is 9. The molecule has 0 bridgehead atoms. The van der Waals surface area contributed by atoms with Crippen LogP contribution in [0.3, 0.4) is 0 Å². The molecule has 1 aliphatic carbocycles. The van der Waals surface area contributed by atoms with Crippen LogP contribution in [0.1, 0.15) is 68.7 Å². The highest BCUT2D eigenvalue weighted by atomic mass is 32.2. The Labute approximate surface area is 252 Å². The van der Waals surface area contributed by atoms with E-state index in [1.165, 1.54) is 16.4 Å². The Kier molecular flexibility index (Phi) is 8.40. The molecule has 226 valence electrons. The fraction of sp³-hybridized carbons (Fsp3) is 0.382. The summed E-state index contributed by atoms with van der Waals surface area (Å²) in [6.07, 6.45) is 9.37. The molecule has 2 heterocycles. The first-order valence-electron chi connectivity index (χ1n) is 15.2. The standard InChI is InChI=1S/C34H38FN3O4S/c1-2-3-4-21-38-31-19-18-30(28-8-5-9-29(32(28)31)34(38)40)36-33(39)25-7-6-20-37(22-25)43(41,42)27-16-12-24(13-17-27)23-10-14-26(35)15-11-23/h5,8-12,14-19,24-25,34,40H,2-4,6-7,13,20-22H2,1H3,(H,36,39). The van der Waals surface area contributed by atoms with Gasteiger partial charge in [-0.05, 0) is 61.6 Å². The lowest BCUT2D eigenvalue weighted by Gasteiger charge is -2.32. The minimum absolute atomic E-state index is 0.0123. The van der Waals surface area contributed by atoms with Gasteiger partial charge in [-0.25, -0.2) is 12.8 Å². The van der Waals surface area contributed by atoms with Crippen LogP contribution in [0.25, 0.3) is 10.8 Å². The highest BCUT2D eigenvalue weighted by Gasteiger charge is 2.35. The summed E-state index contributed by atoms with van der Waals surface area (Å²) in [6.45, 7) is 3.40. The summed E-state index contributed by atoms with van der Waals surface area (Å²) in [7, 11) is -3.76. The van der Waals surface area contributed by atoms with E-state index in [1.54, 1.807) is 24.3 Å². The molecule has 0 saturated carbocycles. The van der Waals surface area contributed by atoms with Gasteiger partial charge >= 0.3 is 0 Å². The van der Waals surface area contributed by atoms with Gasteiger partial charge < -0.3 is 15.3 Å². The van der Waals surface area contributed by atoms with Gasteiger partial charge in [0.15, 0.2) is 6.23 Å². The van der Waals surface area contributed by atoms with Crippen molar-refractivity contribution in [2.24, 2.45) is 5.92 Å². The summed E-state index contributed by atoms with van der Waals surface area (Å²) in [4.78, 5) is 15.8. The molecule has 3 aromatic carbocycles. The molecule has 3 aliphatic rings. The van der Waals surface area contributed by atoms with Gasteiger partial charge in [0.05, 0.1) is 10.8 Å². The van der Waals surface area contributed by atoms with Crippen LogP contribution in [0, 0.1) is 11.7 Å². The molecule has 0 spiro atoms. The van der Waals surface area contributed by atoms with E-state index in [-0.39, 0.29) is 29.1 Å². The van der Waals surface area contributed by atoms with Crippen molar-refractivity contribution < 1.29 is 22.7 Å². The van der Waals surface area contributed by atoms with E-state index in [2.05, 4.69) is 12.2 Å². The Morgan fingerprint density at radius 2 is 1.91 bits per heavy atom. The number of allylic oxidation sites excluding steroid dienone is 3. The maximum Gasteiger partial charge on any atom is 0.242 e. The molecule has 43 heavy (non-hydrogen) atoms. The minimum Gasteiger partial charge on any atom is -0.369 e. The van der Waals surface area contributed by atoms with Gasteiger partial charge in [-0.15, -0.1) is 0 Å². The third kappa shape index (κ3) is 5.73. The van der Waals surface area contributed by atoms with Gasteiger partial charge in [-0.2, -0.15) is 4.31 Å². The van der Waals surface area contributed by atoms with Crippen molar-refractivity contribution in [3.63, 3.8) is 0 Å². The fourth-order valence-corrected chi connectivity index (χ4v) is 8.16. The van der Waals surface area contributed by atoms with Crippen molar-refractivity contribution in [3.05, 3.63) is 94.7 Å². The Morgan fingerprint density at radius 3 is 2.65 bits per heavy atom. The third-order valence-electron chi connectivity index (χ3n) is 8.95. The van der Waals surface area contributed by atoms with Gasteiger partial charge in [0.25, 0.3) is 0 Å². The van der Waals surface area contributed by atoms with Crippen molar-refractivity contribution >= 4 is 38.1 Å². The Morgan fingerprint density at radius 1 is 1.09 bits per heavy atom. The summed E-state index contributed by atoms with van der Waals surface area (Å²) in [5, 5.41) is 16.0. The first-order valence-corrected chi connectivity index (χ1v) is 16.7. The van der Waals surface area contributed by atoms with E-state index in [0.29, 0.717) is 31.5 Å². The first kappa shape index (κ1) is 29.5. The molecule has 9 heteroatoms. The predicted octanol–water partition coefficient (Wildman–Crippen LogP) is 6.59. The second kappa shape index (κ2) is 12.2. The van der Waals surface area contributed by atoms with Crippen LogP contribution in [0.15, 0.2) is 77.7 Å². The number of hydrogen-bond donors (Lipinski definition) is 2. The number of halogens is 1. The largest absolute Gasteiger partial charge is 0.369 e. The van der Waals surface area contributed by atoms with Crippen molar-refractivity contribution in [1.29, 1.82) is 0 Å². The number of nitrogens with zero attached hydrogens (tertiary/aromatic N) is 2. The highest BCUT2D eigenvalue weighted by Crippen LogP contribution is 2.45. The zero-order chi connectivity index (χ0) is 30.1. The van der Waals surface area contributed by atoms with Crippen molar-refractivity contribution in [1.82, 2.24) is 4.31 Å². The molecule has 3 unspecified atom stereocenters. The predicted molar refractivity (Wildman–Crippen MR) is 169 cm³/mol. The average Bonchev–Trinajstić information content (AvgIpc) is 3.30. The number of amides is 1. The smallest absolute Gasteiger partial charge is 0.242 e. The van der Waals surface area contributed by atoms with Crippen LogP contribution in [-0.4, -0.2) is 43.4 Å². The third-order valence-corrected chi connectivity index (χ3v) is 10.9. The van der Waals surface area contributed by atoms with Gasteiger partial charge in [0.2, 0.25) is 15.9 Å². The van der Waals surface area contributed by atoms with Gasteiger partial charge in [0, 0.05) is 53.3 Å². The van der Waals surface area contributed by atoms with Crippen molar-refractivity contribution in [2.75, 3.05) is 29.9 Å². The molecule has 2 N–H and O–H groups in total. The lowest BCUT2D eigenvalue weighted by atomic mass is 9.93. The summed E-state index contributed by atoms with van der Waals surface area (Å²) < 4.78 is 41.9. The van der Waals surface area contributed by atoms with Crippen LogP contribution in [0.5, 0.6) is 0 Å². The molecule has 1 fully saturated rings. The van der Waals surface area contributed by atoms with Gasteiger partial charge in [-0.1, -0.05) is 62.2 Å². The molecule has 6 rings (SSSR count). The molecule has 2 aliphatic heterocycles. The molecule has 0 radical (unpaired) electrons. The SMILES string of the molecule is CCCCCN1c2ccc(NC(=O)C3CCCN(S(=O)(=O)C4=CCC(c5ccc(F)cc5)C=C4)C3)c3cccc(c23)C1O. The van der Waals surface area contributed by atoms with E-state index >= 15 is 0 Å². The second-order valence-corrected chi connectivity index (χ2v) is 13.7. The van der Waals surface area contributed by atoms with Crippen LogP contribution in [-0.2, 0) is 14.8 Å². The Bertz CT molecular complexity index is 1690. The number of nitrogens with one attached hydrogen (secondary N) is 1. The lowest BCUT2D eigenvalue weighted by Crippen LogP contribution is -2.44. The maximum atomic E-state index is 13.6. The molecule has 3 aromatic rings. The monoisotopic (exact) mass is 603 g/mol. The summed E-state index contributed by atoms with van der Waals surface area (Å²) >= 11 is 0. The van der Waals surface area contributed by atoms with Crippen LogP contribution in [0.4, 0.5) is 15.8 Å². The normalized spacial score (nSPS) is 22.2. The summed E-state index contributed by atoms with van der Waals surface area (Å²) in [5.74, 6) is -1.00. The van der Waals surface area contributed by atoms with E-state index in [1.807, 2.05) is 41.3 Å². The number of aliphatic hydroxyl groups is 1. The molecule has 1 saturated heterocycles. The highest BCUT2D eigenvalue weighted by molar-refractivity contribution is 7.93. The maximum absolute atomic E-state index is 13.6. The minimum atomic E-state index is -3.76. The second-order valence-electron chi connectivity index (χ2n) is 11.7. The average molecular weight is 604 g/mol. The Balaban J connectivity index is 1.15. The molecule has 7 nitrogen and oxygen atoms in total. The summed E-state index contributed by atoms with van der Waals surface area (Å²) in [6, 6.07) is 15.9. The van der Waals surface area contributed by atoms with E-state index in [9.17, 15) is 22.7 Å². The number of benzene rings is 3. The Hall–Kier alpha value is -3.53. The van der Waals surface area contributed by atoms with Gasteiger partial charge in [-0.3, -0.25) is 4.79 Å². The number of sulfonamides is 1. The molecular weight excluding hydrogens is 565 g/mol. The van der Waals surface area contributed by atoms with E-state index < -0.39 is 22.2 Å². The molecule has 1 amide bonds. The van der Waals surface area contributed by atoms with Crippen LogP contribution >= 0.6 is 0 Å². The van der Waals surface area contributed by atoms with Gasteiger partial charge in [0.1, 0.15) is 5.82 Å².